The zero-order chi connectivity index (χ0) is 18.0. The number of pyridine rings is 1. The van der Waals surface area contributed by atoms with Crippen molar-refractivity contribution in [3.8, 4) is 5.88 Å². The lowest BCUT2D eigenvalue weighted by atomic mass is 10.1. The van der Waals surface area contributed by atoms with Crippen LogP contribution < -0.4 is 4.74 Å². The van der Waals surface area contributed by atoms with Crippen molar-refractivity contribution < 1.29 is 32.3 Å². The third-order valence-electron chi connectivity index (χ3n) is 3.37. The van der Waals surface area contributed by atoms with E-state index in [4.69, 9.17) is 9.57 Å². The predicted molar refractivity (Wildman–Crippen MR) is 77.6 cm³/mol. The number of alkyl halides is 3. The second-order valence-corrected chi connectivity index (χ2v) is 5.01. The lowest BCUT2D eigenvalue weighted by molar-refractivity contribution is -0.137. The van der Waals surface area contributed by atoms with E-state index in [1.165, 1.54) is 12.1 Å². The smallest absolute Gasteiger partial charge is 0.417 e. The molecule has 2 heterocycles. The summed E-state index contributed by atoms with van der Waals surface area (Å²) in [5.74, 6) is -1.18. The van der Waals surface area contributed by atoms with Gasteiger partial charge in [0.05, 0.1) is 16.7 Å². The van der Waals surface area contributed by atoms with Crippen LogP contribution >= 0.6 is 0 Å². The number of imide groups is 1. The van der Waals surface area contributed by atoms with Crippen molar-refractivity contribution >= 4 is 11.8 Å². The van der Waals surface area contributed by atoms with Gasteiger partial charge >= 0.3 is 6.18 Å². The minimum atomic E-state index is -4.47. The largest absolute Gasteiger partial charge is 0.475 e. The molecule has 0 spiro atoms. The molecule has 0 saturated heterocycles. The summed E-state index contributed by atoms with van der Waals surface area (Å²) in [6.45, 7) is -0.264. The van der Waals surface area contributed by atoms with Crippen molar-refractivity contribution in [3.63, 3.8) is 0 Å². The number of fused-ring (bicyclic) bond motifs is 1. The van der Waals surface area contributed by atoms with Crippen LogP contribution in [0.2, 0.25) is 0 Å². The Morgan fingerprint density at radius 1 is 0.960 bits per heavy atom. The number of halogens is 3. The van der Waals surface area contributed by atoms with Crippen molar-refractivity contribution in [2.24, 2.45) is 0 Å². The molecule has 0 unspecified atom stereocenters. The number of amides is 2. The molecule has 3 rings (SSSR count). The van der Waals surface area contributed by atoms with E-state index in [0.29, 0.717) is 11.3 Å². The van der Waals surface area contributed by atoms with Gasteiger partial charge in [-0.15, -0.1) is 5.06 Å². The van der Waals surface area contributed by atoms with Crippen molar-refractivity contribution in [2.75, 3.05) is 13.2 Å². The first kappa shape index (κ1) is 16.9. The fraction of sp³-hybridized carbons (Fsp3) is 0.188. The van der Waals surface area contributed by atoms with Crippen LogP contribution in [0, 0.1) is 0 Å². The zero-order valence-corrected chi connectivity index (χ0v) is 12.6. The van der Waals surface area contributed by atoms with Crippen molar-refractivity contribution in [3.05, 3.63) is 59.3 Å². The molecule has 0 N–H and O–H groups in total. The molecular weight excluding hydrogens is 341 g/mol. The highest BCUT2D eigenvalue weighted by molar-refractivity contribution is 6.20. The molecule has 0 radical (unpaired) electrons. The first-order chi connectivity index (χ1) is 11.9. The molecular formula is C16H11F3N2O4. The van der Waals surface area contributed by atoms with Crippen LogP contribution in [0.5, 0.6) is 5.88 Å². The number of ether oxygens (including phenoxy) is 1. The Kier molecular flexibility index (Phi) is 4.41. The van der Waals surface area contributed by atoms with E-state index in [-0.39, 0.29) is 30.2 Å². The lowest BCUT2D eigenvalue weighted by Gasteiger charge is -2.13. The highest BCUT2D eigenvalue weighted by atomic mass is 19.4. The van der Waals surface area contributed by atoms with Gasteiger partial charge in [-0.1, -0.05) is 12.1 Å². The van der Waals surface area contributed by atoms with Gasteiger partial charge in [-0.2, -0.15) is 13.2 Å². The van der Waals surface area contributed by atoms with E-state index < -0.39 is 23.6 Å². The van der Waals surface area contributed by atoms with E-state index in [2.05, 4.69) is 4.98 Å². The van der Waals surface area contributed by atoms with E-state index in [9.17, 15) is 22.8 Å². The maximum absolute atomic E-state index is 12.4. The zero-order valence-electron chi connectivity index (χ0n) is 12.6. The van der Waals surface area contributed by atoms with Crippen molar-refractivity contribution in [1.29, 1.82) is 0 Å². The van der Waals surface area contributed by atoms with Crippen LogP contribution in [-0.4, -0.2) is 35.1 Å². The highest BCUT2D eigenvalue weighted by Crippen LogP contribution is 2.29. The summed E-state index contributed by atoms with van der Waals surface area (Å²) >= 11 is 0. The standard InChI is InChI=1S/C16H11F3N2O4/c17-16(18,19)10-5-6-13(20-9-10)24-7-8-25-21-14(22)11-3-1-2-4-12(11)15(21)23/h1-6,9H,7-8H2. The average Bonchev–Trinajstić information content (AvgIpc) is 2.83. The number of nitrogens with zero attached hydrogens (tertiary/aromatic N) is 2. The molecule has 2 amide bonds. The number of benzene rings is 1. The molecule has 6 nitrogen and oxygen atoms in total. The molecule has 1 aromatic carbocycles. The second kappa shape index (κ2) is 6.52. The average molecular weight is 352 g/mol. The van der Waals surface area contributed by atoms with Gasteiger partial charge in [0.15, 0.2) is 0 Å². The summed E-state index contributed by atoms with van der Waals surface area (Å²) in [5.41, 5.74) is -0.391. The van der Waals surface area contributed by atoms with Gasteiger partial charge in [0.1, 0.15) is 13.2 Å². The Morgan fingerprint density at radius 3 is 2.12 bits per heavy atom. The molecule has 0 fully saturated rings. The van der Waals surface area contributed by atoms with Gasteiger partial charge in [0.2, 0.25) is 5.88 Å². The van der Waals surface area contributed by atoms with Crippen LogP contribution in [-0.2, 0) is 11.0 Å². The maximum Gasteiger partial charge on any atom is 0.417 e. The Bertz CT molecular complexity index is 771. The minimum Gasteiger partial charge on any atom is -0.475 e. The van der Waals surface area contributed by atoms with Gasteiger partial charge in [-0.3, -0.25) is 14.4 Å². The van der Waals surface area contributed by atoms with Gasteiger partial charge in [0.25, 0.3) is 11.8 Å². The summed E-state index contributed by atoms with van der Waals surface area (Å²) in [7, 11) is 0. The van der Waals surface area contributed by atoms with Crippen LogP contribution in [0.3, 0.4) is 0 Å². The monoisotopic (exact) mass is 352 g/mol. The number of carbonyl (C=O) groups excluding carboxylic acids is 2. The third kappa shape index (κ3) is 3.45. The van der Waals surface area contributed by atoms with Gasteiger partial charge < -0.3 is 4.74 Å². The van der Waals surface area contributed by atoms with Crippen molar-refractivity contribution in [1.82, 2.24) is 10.0 Å². The molecule has 0 atom stereocenters. The summed E-state index contributed by atoms with van der Waals surface area (Å²) in [6, 6.07) is 8.21. The molecule has 1 aliphatic rings. The topological polar surface area (TPSA) is 68.7 Å². The number of hydroxylamine groups is 2. The molecule has 25 heavy (non-hydrogen) atoms. The number of aromatic nitrogens is 1. The van der Waals surface area contributed by atoms with E-state index >= 15 is 0 Å². The van der Waals surface area contributed by atoms with Crippen LogP contribution in [0.25, 0.3) is 0 Å². The predicted octanol–water partition coefficient (Wildman–Crippen LogP) is 2.71. The summed E-state index contributed by atoms with van der Waals surface area (Å²) in [6.07, 6.45) is -3.82. The second-order valence-electron chi connectivity index (χ2n) is 5.01. The molecule has 0 bridgehead atoms. The van der Waals surface area contributed by atoms with Crippen LogP contribution in [0.4, 0.5) is 13.2 Å². The molecule has 2 aromatic rings. The van der Waals surface area contributed by atoms with Gasteiger partial charge in [-0.05, 0) is 18.2 Å². The molecule has 1 aliphatic heterocycles. The summed E-state index contributed by atoms with van der Waals surface area (Å²) in [4.78, 5) is 32.7. The van der Waals surface area contributed by atoms with E-state index in [1.807, 2.05) is 0 Å². The SMILES string of the molecule is O=C1c2ccccc2C(=O)N1OCCOc1ccc(C(F)(F)F)cn1. The Balaban J connectivity index is 1.51. The molecule has 1 aromatic heterocycles. The number of rotatable bonds is 5. The van der Waals surface area contributed by atoms with E-state index in [0.717, 1.165) is 12.1 Å². The molecule has 0 saturated carbocycles. The molecule has 0 aliphatic carbocycles. The first-order valence-corrected chi connectivity index (χ1v) is 7.14. The maximum atomic E-state index is 12.4. The van der Waals surface area contributed by atoms with Gasteiger partial charge in [0, 0.05) is 12.3 Å². The van der Waals surface area contributed by atoms with Crippen LogP contribution in [0.15, 0.2) is 42.6 Å². The van der Waals surface area contributed by atoms with E-state index in [1.54, 1.807) is 12.1 Å². The quantitative estimate of drug-likeness (QED) is 0.611. The fourth-order valence-electron chi connectivity index (χ4n) is 2.19. The molecule has 9 heteroatoms. The van der Waals surface area contributed by atoms with Crippen LogP contribution in [0.1, 0.15) is 26.3 Å². The third-order valence-corrected chi connectivity index (χ3v) is 3.37. The number of hydrogen-bond acceptors (Lipinski definition) is 5. The van der Waals surface area contributed by atoms with Crippen molar-refractivity contribution in [2.45, 2.75) is 6.18 Å². The minimum absolute atomic E-state index is 0.0287. The fourth-order valence-corrected chi connectivity index (χ4v) is 2.19. The molecule has 130 valence electrons. The highest BCUT2D eigenvalue weighted by Gasteiger charge is 2.36. The Morgan fingerprint density at radius 2 is 1.60 bits per heavy atom. The number of hydrogen-bond donors (Lipinski definition) is 0. The normalized spacial score (nSPS) is 14.0. The van der Waals surface area contributed by atoms with Gasteiger partial charge in [-0.25, -0.2) is 4.98 Å². The first-order valence-electron chi connectivity index (χ1n) is 7.14. The number of carbonyl (C=O) groups is 2. The lowest BCUT2D eigenvalue weighted by Crippen LogP contribution is -2.31. The Hall–Kier alpha value is -2.94. The summed E-state index contributed by atoms with van der Waals surface area (Å²) < 4.78 is 42.4. The Labute approximate surface area is 139 Å². The summed E-state index contributed by atoms with van der Waals surface area (Å²) in [5, 5.41) is 0.633.